The van der Waals surface area contributed by atoms with Crippen LogP contribution in [-0.4, -0.2) is 25.6 Å². The van der Waals surface area contributed by atoms with Crippen molar-refractivity contribution in [2.24, 2.45) is 5.73 Å². The summed E-state index contributed by atoms with van der Waals surface area (Å²) in [6.07, 6.45) is -1.84. The number of carbonyl (C=O) groups excluding carboxylic acids is 1. The zero-order chi connectivity index (χ0) is 27.2. The van der Waals surface area contributed by atoms with Gasteiger partial charge in [-0.05, 0) is 90.6 Å². The van der Waals surface area contributed by atoms with Gasteiger partial charge in [0.15, 0.2) is 0 Å². The van der Waals surface area contributed by atoms with Gasteiger partial charge in [0, 0.05) is 5.02 Å². The zero-order valence-electron chi connectivity index (χ0n) is 22.0. The van der Waals surface area contributed by atoms with Crippen LogP contribution in [0.1, 0.15) is 44.4 Å². The van der Waals surface area contributed by atoms with Gasteiger partial charge < -0.3 is 24.7 Å². The van der Waals surface area contributed by atoms with Gasteiger partial charge in [0.1, 0.15) is 29.5 Å². The zero-order valence-corrected chi connectivity index (χ0v) is 23.8. The Kier molecular flexibility index (Phi) is 9.29. The minimum absolute atomic E-state index is 0.128. The maximum Gasteiger partial charge on any atom is 0.404 e. The molecule has 2 atom stereocenters. The number of aliphatic hydroxyl groups is 1. The van der Waals surface area contributed by atoms with Crippen molar-refractivity contribution in [2.45, 2.75) is 64.0 Å². The third-order valence-corrected chi connectivity index (χ3v) is 11.3. The topological polar surface area (TPSA) is 91.0 Å². The van der Waals surface area contributed by atoms with Crippen LogP contribution in [0, 0.1) is 0 Å². The molecule has 0 heterocycles. The van der Waals surface area contributed by atoms with Gasteiger partial charge in [-0.3, -0.25) is 0 Å². The van der Waals surface area contributed by atoms with Crippen LogP contribution in [0.3, 0.4) is 0 Å². The Labute approximate surface area is 225 Å². The van der Waals surface area contributed by atoms with E-state index in [0.29, 0.717) is 29.2 Å². The highest BCUT2D eigenvalue weighted by atomic mass is 35.5. The molecule has 37 heavy (non-hydrogen) atoms. The smallest absolute Gasteiger partial charge is 0.404 e. The number of primary amides is 1. The molecule has 1 amide bonds. The number of carbonyl (C=O) groups is 1. The van der Waals surface area contributed by atoms with Gasteiger partial charge in [-0.2, -0.15) is 0 Å². The van der Waals surface area contributed by atoms with Gasteiger partial charge >= 0.3 is 6.09 Å². The Bertz CT molecular complexity index is 1180. The van der Waals surface area contributed by atoms with E-state index in [-0.39, 0.29) is 5.04 Å². The van der Waals surface area contributed by atoms with E-state index >= 15 is 0 Å². The number of amides is 1. The average Bonchev–Trinajstić information content (AvgIpc) is 2.82. The minimum Gasteiger partial charge on any atom is -0.543 e. The van der Waals surface area contributed by atoms with Crippen LogP contribution in [0.5, 0.6) is 17.2 Å². The Morgan fingerprint density at radius 1 is 0.973 bits per heavy atom. The molecule has 3 N–H and O–H groups in total. The summed E-state index contributed by atoms with van der Waals surface area (Å²) in [5.41, 5.74) is 6.80. The molecule has 0 saturated heterocycles. The number of ether oxygens (including phenoxy) is 2. The lowest BCUT2D eigenvalue weighted by Crippen LogP contribution is -2.43. The van der Waals surface area contributed by atoms with E-state index in [4.69, 9.17) is 31.2 Å². The van der Waals surface area contributed by atoms with E-state index in [0.717, 1.165) is 17.1 Å². The molecule has 3 aromatic rings. The van der Waals surface area contributed by atoms with Gasteiger partial charge in [-0.15, -0.1) is 0 Å². The molecule has 0 spiro atoms. The number of benzene rings is 3. The van der Waals surface area contributed by atoms with E-state index in [1.807, 2.05) is 48.5 Å². The van der Waals surface area contributed by atoms with Gasteiger partial charge in [-0.25, -0.2) is 4.79 Å². The van der Waals surface area contributed by atoms with Gasteiger partial charge in [-0.1, -0.05) is 56.6 Å². The molecule has 6 nitrogen and oxygen atoms in total. The maximum absolute atomic E-state index is 11.4. The molecule has 0 aliphatic carbocycles. The highest BCUT2D eigenvalue weighted by molar-refractivity contribution is 6.74. The molecule has 3 aromatic carbocycles. The van der Waals surface area contributed by atoms with Crippen LogP contribution in [0.25, 0.3) is 0 Å². The number of hydrogen-bond donors (Lipinski definition) is 2. The van der Waals surface area contributed by atoms with Crippen LogP contribution in [0.2, 0.25) is 23.2 Å². The standard InChI is InChI=1S/C29H36ClNO5Si/c1-29(2,3)37(4,5)36-25-16-14-24(15-17-25)34-23-12-9-20(10-13-23)11-18-26(35-28(31)33)27(32)21-7-6-8-22(30)19-21/h6-10,12-17,19,26-27,32H,11,18H2,1-5H3,(H2,31,33)/t26?,27-/m1/s1. The molecule has 0 aliphatic heterocycles. The fourth-order valence-electron chi connectivity index (χ4n) is 3.53. The van der Waals surface area contributed by atoms with Crippen molar-refractivity contribution in [1.82, 2.24) is 0 Å². The van der Waals surface area contributed by atoms with Crippen molar-refractivity contribution >= 4 is 26.0 Å². The molecule has 0 bridgehead atoms. The van der Waals surface area contributed by atoms with Gasteiger partial charge in [0.25, 0.3) is 0 Å². The third-order valence-electron chi connectivity index (χ3n) is 6.69. The first-order valence-electron chi connectivity index (χ1n) is 12.3. The molecule has 8 heteroatoms. The summed E-state index contributed by atoms with van der Waals surface area (Å²) in [7, 11) is -1.89. The first-order chi connectivity index (χ1) is 17.3. The molecule has 198 valence electrons. The summed E-state index contributed by atoms with van der Waals surface area (Å²) in [6.45, 7) is 11.1. The number of hydrogen-bond acceptors (Lipinski definition) is 5. The molecular formula is C29H36ClNO5Si. The lowest BCUT2D eigenvalue weighted by atomic mass is 9.98. The maximum atomic E-state index is 11.4. The Morgan fingerprint density at radius 2 is 1.54 bits per heavy atom. The van der Waals surface area contributed by atoms with Crippen molar-refractivity contribution < 1.29 is 23.8 Å². The van der Waals surface area contributed by atoms with Crippen LogP contribution in [0.15, 0.2) is 72.8 Å². The van der Waals surface area contributed by atoms with E-state index in [9.17, 15) is 9.90 Å². The summed E-state index contributed by atoms with van der Waals surface area (Å²) in [5, 5.41) is 11.4. The van der Waals surface area contributed by atoms with Crippen LogP contribution in [-0.2, 0) is 11.2 Å². The monoisotopic (exact) mass is 541 g/mol. The lowest BCUT2D eigenvalue weighted by Gasteiger charge is -2.36. The van der Waals surface area contributed by atoms with E-state index in [1.54, 1.807) is 24.3 Å². The van der Waals surface area contributed by atoms with Crippen molar-refractivity contribution in [1.29, 1.82) is 0 Å². The van der Waals surface area contributed by atoms with E-state index in [1.165, 1.54) is 0 Å². The summed E-state index contributed by atoms with van der Waals surface area (Å²) in [6, 6.07) is 22.1. The predicted molar refractivity (Wildman–Crippen MR) is 150 cm³/mol. The number of halogens is 1. The lowest BCUT2D eigenvalue weighted by molar-refractivity contribution is 0.000958. The van der Waals surface area contributed by atoms with Crippen LogP contribution in [0.4, 0.5) is 4.79 Å². The second kappa shape index (κ2) is 12.0. The molecular weight excluding hydrogens is 506 g/mol. The summed E-state index contributed by atoms with van der Waals surface area (Å²) >= 11 is 6.03. The van der Waals surface area contributed by atoms with Gasteiger partial charge in [0.2, 0.25) is 8.32 Å². The first kappa shape index (κ1) is 28.6. The fourth-order valence-corrected chi connectivity index (χ4v) is 4.76. The Hall–Kier alpha value is -3.00. The molecule has 0 aromatic heterocycles. The Balaban J connectivity index is 1.59. The molecule has 0 saturated carbocycles. The van der Waals surface area contributed by atoms with Crippen molar-refractivity contribution in [3.63, 3.8) is 0 Å². The predicted octanol–water partition coefficient (Wildman–Crippen LogP) is 7.65. The van der Waals surface area contributed by atoms with Crippen LogP contribution >= 0.6 is 11.6 Å². The van der Waals surface area contributed by atoms with Crippen LogP contribution < -0.4 is 14.9 Å². The number of aryl methyl sites for hydroxylation is 1. The Morgan fingerprint density at radius 3 is 2.08 bits per heavy atom. The highest BCUT2D eigenvalue weighted by Gasteiger charge is 2.38. The molecule has 0 fully saturated rings. The SMILES string of the molecule is CC(C)(C)[Si](C)(C)Oc1ccc(Oc2ccc(CCC(OC(N)=O)[C@H](O)c3cccc(Cl)c3)cc2)cc1. The van der Waals surface area contributed by atoms with E-state index in [2.05, 4.69) is 33.9 Å². The number of aliphatic hydroxyl groups excluding tert-OH is 1. The van der Waals surface area contributed by atoms with Crippen molar-refractivity contribution in [3.8, 4) is 17.2 Å². The number of rotatable bonds is 10. The largest absolute Gasteiger partial charge is 0.543 e. The quantitative estimate of drug-likeness (QED) is 0.257. The van der Waals surface area contributed by atoms with Crippen molar-refractivity contribution in [2.75, 3.05) is 0 Å². The number of nitrogens with two attached hydrogens (primary N) is 1. The second-order valence-electron chi connectivity index (χ2n) is 10.6. The minimum atomic E-state index is -1.89. The van der Waals surface area contributed by atoms with Crippen molar-refractivity contribution in [3.05, 3.63) is 88.9 Å². The highest BCUT2D eigenvalue weighted by Crippen LogP contribution is 2.37. The first-order valence-corrected chi connectivity index (χ1v) is 15.6. The fraction of sp³-hybridized carbons (Fsp3) is 0.345. The molecule has 0 aliphatic rings. The summed E-state index contributed by atoms with van der Waals surface area (Å²) in [5.74, 6) is 2.27. The molecule has 3 rings (SSSR count). The van der Waals surface area contributed by atoms with Gasteiger partial charge in [0.05, 0.1) is 0 Å². The molecule has 0 radical (unpaired) electrons. The summed E-state index contributed by atoms with van der Waals surface area (Å²) in [4.78, 5) is 11.4. The molecule has 1 unspecified atom stereocenters. The average molecular weight is 542 g/mol. The normalized spacial score (nSPS) is 13.5. The van der Waals surface area contributed by atoms with E-state index < -0.39 is 26.6 Å². The summed E-state index contributed by atoms with van der Waals surface area (Å²) < 4.78 is 17.5. The second-order valence-corrected chi connectivity index (χ2v) is 15.8. The third kappa shape index (κ3) is 8.25.